The quantitative estimate of drug-likeness (QED) is 0.720. The standard InChI is InChI=1S/C16H23NO4/c1-5-17-13(9-15(18)19)16(20)11-6-7-14(21-4)12(8-11)10(2)3/h6-8,10,13,17H,5,9H2,1-4H3,(H,18,19). The Kier molecular flexibility index (Phi) is 6.37. The molecule has 0 aromatic heterocycles. The predicted molar refractivity (Wildman–Crippen MR) is 81.1 cm³/mol. The lowest BCUT2D eigenvalue weighted by atomic mass is 9.95. The first-order valence-corrected chi connectivity index (χ1v) is 7.08. The monoisotopic (exact) mass is 293 g/mol. The van der Waals surface area contributed by atoms with Gasteiger partial charge in [0, 0.05) is 5.56 Å². The highest BCUT2D eigenvalue weighted by atomic mass is 16.5. The fourth-order valence-corrected chi connectivity index (χ4v) is 2.22. The molecule has 5 nitrogen and oxygen atoms in total. The predicted octanol–water partition coefficient (Wildman–Crippen LogP) is 2.45. The Morgan fingerprint density at radius 3 is 2.48 bits per heavy atom. The van der Waals surface area contributed by atoms with Gasteiger partial charge >= 0.3 is 5.97 Å². The third kappa shape index (κ3) is 4.56. The molecule has 1 rings (SSSR count). The van der Waals surface area contributed by atoms with E-state index in [9.17, 15) is 9.59 Å². The molecule has 0 saturated heterocycles. The van der Waals surface area contributed by atoms with E-state index >= 15 is 0 Å². The van der Waals surface area contributed by atoms with E-state index in [4.69, 9.17) is 9.84 Å². The minimum atomic E-state index is -0.994. The van der Waals surface area contributed by atoms with Crippen LogP contribution in [0.1, 0.15) is 49.0 Å². The Balaban J connectivity index is 3.09. The van der Waals surface area contributed by atoms with E-state index in [2.05, 4.69) is 5.32 Å². The van der Waals surface area contributed by atoms with Crippen molar-refractivity contribution in [3.63, 3.8) is 0 Å². The molecule has 0 aliphatic rings. The average molecular weight is 293 g/mol. The molecule has 0 aliphatic heterocycles. The number of methoxy groups -OCH3 is 1. The smallest absolute Gasteiger partial charge is 0.305 e. The van der Waals surface area contributed by atoms with E-state index in [1.54, 1.807) is 25.3 Å². The molecule has 1 aromatic carbocycles. The van der Waals surface area contributed by atoms with E-state index in [1.807, 2.05) is 20.8 Å². The molecule has 2 N–H and O–H groups in total. The SMILES string of the molecule is CCNC(CC(=O)O)C(=O)c1ccc(OC)c(C(C)C)c1. The highest BCUT2D eigenvalue weighted by Gasteiger charge is 2.23. The number of rotatable bonds is 8. The maximum atomic E-state index is 12.5. The van der Waals surface area contributed by atoms with Gasteiger partial charge in [-0.3, -0.25) is 9.59 Å². The number of nitrogens with one attached hydrogen (secondary N) is 1. The number of likely N-dealkylation sites (N-methyl/N-ethyl adjacent to an activating group) is 1. The summed E-state index contributed by atoms with van der Waals surface area (Å²) in [6.07, 6.45) is -0.226. The summed E-state index contributed by atoms with van der Waals surface area (Å²) < 4.78 is 5.29. The van der Waals surface area contributed by atoms with Gasteiger partial charge in [-0.2, -0.15) is 0 Å². The Hall–Kier alpha value is -1.88. The van der Waals surface area contributed by atoms with Gasteiger partial charge in [-0.1, -0.05) is 20.8 Å². The first-order chi connectivity index (χ1) is 9.90. The molecule has 116 valence electrons. The fourth-order valence-electron chi connectivity index (χ4n) is 2.22. The molecule has 1 aromatic rings. The third-order valence-electron chi connectivity index (χ3n) is 3.28. The summed E-state index contributed by atoms with van der Waals surface area (Å²) in [6.45, 7) is 6.42. The van der Waals surface area contributed by atoms with Crippen LogP contribution >= 0.6 is 0 Å². The van der Waals surface area contributed by atoms with Crippen LogP contribution in [0, 0.1) is 0 Å². The summed E-state index contributed by atoms with van der Waals surface area (Å²) in [5, 5.41) is 11.8. The molecule has 0 fully saturated rings. The van der Waals surface area contributed by atoms with E-state index in [1.165, 1.54) is 0 Å². The Morgan fingerprint density at radius 2 is 2.00 bits per heavy atom. The normalized spacial score (nSPS) is 12.2. The Morgan fingerprint density at radius 1 is 1.33 bits per heavy atom. The van der Waals surface area contributed by atoms with E-state index in [0.717, 1.165) is 11.3 Å². The first kappa shape index (κ1) is 17.2. The number of carboxylic acid groups (broad SMARTS) is 1. The second-order valence-corrected chi connectivity index (χ2v) is 5.18. The van der Waals surface area contributed by atoms with Crippen molar-refractivity contribution in [1.29, 1.82) is 0 Å². The molecular formula is C16H23NO4. The van der Waals surface area contributed by atoms with E-state index in [-0.39, 0.29) is 18.1 Å². The number of Topliss-reactive ketones (excluding diaryl/α,β-unsaturated/α-hetero) is 1. The van der Waals surface area contributed by atoms with Crippen molar-refractivity contribution in [3.8, 4) is 5.75 Å². The van der Waals surface area contributed by atoms with Crippen molar-refractivity contribution in [2.24, 2.45) is 0 Å². The zero-order valence-corrected chi connectivity index (χ0v) is 13.0. The number of hydrogen-bond acceptors (Lipinski definition) is 4. The van der Waals surface area contributed by atoms with Crippen LogP contribution in [0.5, 0.6) is 5.75 Å². The second kappa shape index (κ2) is 7.78. The lowest BCUT2D eigenvalue weighted by Crippen LogP contribution is -2.38. The molecule has 0 radical (unpaired) electrons. The van der Waals surface area contributed by atoms with Gasteiger partial charge in [0.05, 0.1) is 19.6 Å². The summed E-state index contributed by atoms with van der Waals surface area (Å²) in [7, 11) is 1.59. The molecular weight excluding hydrogens is 270 g/mol. The van der Waals surface area contributed by atoms with Crippen LogP contribution < -0.4 is 10.1 Å². The highest BCUT2D eigenvalue weighted by molar-refractivity contribution is 6.02. The van der Waals surface area contributed by atoms with Crippen LogP contribution in [0.15, 0.2) is 18.2 Å². The highest BCUT2D eigenvalue weighted by Crippen LogP contribution is 2.27. The number of hydrogen-bond donors (Lipinski definition) is 2. The minimum absolute atomic E-state index is 0.205. The summed E-state index contributed by atoms with van der Waals surface area (Å²) in [6, 6.07) is 4.52. The minimum Gasteiger partial charge on any atom is -0.496 e. The molecule has 1 unspecified atom stereocenters. The first-order valence-electron chi connectivity index (χ1n) is 7.08. The number of benzene rings is 1. The van der Waals surface area contributed by atoms with Crippen LogP contribution in [-0.2, 0) is 4.79 Å². The van der Waals surface area contributed by atoms with Crippen LogP contribution in [0.25, 0.3) is 0 Å². The number of carbonyl (C=O) groups excluding carboxylic acids is 1. The summed E-state index contributed by atoms with van der Waals surface area (Å²) >= 11 is 0. The molecule has 1 atom stereocenters. The summed E-state index contributed by atoms with van der Waals surface area (Å²) in [5.41, 5.74) is 1.45. The zero-order valence-electron chi connectivity index (χ0n) is 13.0. The van der Waals surface area contributed by atoms with Gasteiger partial charge in [0.1, 0.15) is 5.75 Å². The van der Waals surface area contributed by atoms with Crippen molar-refractivity contribution in [2.75, 3.05) is 13.7 Å². The number of aliphatic carboxylic acids is 1. The van der Waals surface area contributed by atoms with Gasteiger partial charge in [-0.25, -0.2) is 0 Å². The molecule has 0 saturated carbocycles. The van der Waals surface area contributed by atoms with Gasteiger partial charge in [-0.15, -0.1) is 0 Å². The van der Waals surface area contributed by atoms with Crippen LogP contribution in [-0.4, -0.2) is 36.6 Å². The summed E-state index contributed by atoms with van der Waals surface area (Å²) in [4.78, 5) is 23.4. The topological polar surface area (TPSA) is 75.6 Å². The lowest BCUT2D eigenvalue weighted by Gasteiger charge is -2.17. The number of carboxylic acids is 1. The molecule has 0 spiro atoms. The zero-order chi connectivity index (χ0) is 16.0. The van der Waals surface area contributed by atoms with Crippen molar-refractivity contribution < 1.29 is 19.4 Å². The van der Waals surface area contributed by atoms with Crippen LogP contribution in [0.4, 0.5) is 0 Å². The van der Waals surface area contributed by atoms with Gasteiger partial charge in [0.2, 0.25) is 0 Å². The molecule has 0 aliphatic carbocycles. The van der Waals surface area contributed by atoms with Gasteiger partial charge < -0.3 is 15.2 Å². The molecule has 0 heterocycles. The van der Waals surface area contributed by atoms with Crippen molar-refractivity contribution >= 4 is 11.8 Å². The van der Waals surface area contributed by atoms with Crippen LogP contribution in [0.2, 0.25) is 0 Å². The third-order valence-corrected chi connectivity index (χ3v) is 3.28. The molecule has 0 bridgehead atoms. The lowest BCUT2D eigenvalue weighted by molar-refractivity contribution is -0.137. The van der Waals surface area contributed by atoms with Crippen LogP contribution in [0.3, 0.4) is 0 Å². The largest absolute Gasteiger partial charge is 0.496 e. The van der Waals surface area contributed by atoms with Crippen molar-refractivity contribution in [2.45, 2.75) is 39.2 Å². The second-order valence-electron chi connectivity index (χ2n) is 5.18. The number of ether oxygens (including phenoxy) is 1. The number of ketones is 1. The Labute approximate surface area is 125 Å². The molecule has 0 amide bonds. The van der Waals surface area contributed by atoms with E-state index < -0.39 is 12.0 Å². The number of carbonyl (C=O) groups is 2. The van der Waals surface area contributed by atoms with Crippen molar-refractivity contribution in [3.05, 3.63) is 29.3 Å². The van der Waals surface area contributed by atoms with Gasteiger partial charge in [0.25, 0.3) is 0 Å². The van der Waals surface area contributed by atoms with Gasteiger partial charge in [-0.05, 0) is 36.2 Å². The molecule has 21 heavy (non-hydrogen) atoms. The van der Waals surface area contributed by atoms with E-state index in [0.29, 0.717) is 12.1 Å². The van der Waals surface area contributed by atoms with Crippen molar-refractivity contribution in [1.82, 2.24) is 5.32 Å². The fraction of sp³-hybridized carbons (Fsp3) is 0.500. The Bertz CT molecular complexity index is 511. The average Bonchev–Trinajstić information content (AvgIpc) is 2.44. The maximum absolute atomic E-state index is 12.5. The maximum Gasteiger partial charge on any atom is 0.305 e. The molecule has 5 heteroatoms. The van der Waals surface area contributed by atoms with Gasteiger partial charge in [0.15, 0.2) is 5.78 Å². The summed E-state index contributed by atoms with van der Waals surface area (Å²) in [5.74, 6) is -0.250.